The van der Waals surface area contributed by atoms with E-state index in [1.807, 2.05) is 6.20 Å². The lowest BCUT2D eigenvalue weighted by Gasteiger charge is -2.19. The van der Waals surface area contributed by atoms with E-state index in [4.69, 9.17) is 10.1 Å². The Bertz CT molecular complexity index is 1420. The summed E-state index contributed by atoms with van der Waals surface area (Å²) in [5.74, 6) is 0. The van der Waals surface area contributed by atoms with Crippen LogP contribution in [-0.2, 0) is 11.8 Å². The van der Waals surface area contributed by atoms with E-state index in [2.05, 4.69) is 106 Å². The third-order valence-electron chi connectivity index (χ3n) is 6.28. The lowest BCUT2D eigenvalue weighted by molar-refractivity contribution is 0.590. The van der Waals surface area contributed by atoms with Crippen molar-refractivity contribution in [1.29, 1.82) is 0 Å². The number of hydrogen-bond donors (Lipinski definition) is 0. The van der Waals surface area contributed by atoms with Gasteiger partial charge in [-0.25, -0.2) is 4.68 Å². The van der Waals surface area contributed by atoms with Crippen LogP contribution in [0.15, 0.2) is 72.9 Å². The van der Waals surface area contributed by atoms with E-state index in [1.165, 1.54) is 16.7 Å². The van der Waals surface area contributed by atoms with Crippen molar-refractivity contribution in [3.05, 3.63) is 89.6 Å². The first-order valence-corrected chi connectivity index (χ1v) is 11.3. The molecule has 3 aromatic carbocycles. The van der Waals surface area contributed by atoms with Gasteiger partial charge in [-0.2, -0.15) is 5.10 Å². The molecule has 0 bridgehead atoms. The van der Waals surface area contributed by atoms with Gasteiger partial charge in [0.05, 0.1) is 16.7 Å². The smallest absolute Gasteiger partial charge is 0.102 e. The predicted molar refractivity (Wildman–Crippen MR) is 135 cm³/mol. The van der Waals surface area contributed by atoms with Crippen molar-refractivity contribution in [1.82, 2.24) is 14.8 Å². The molecule has 2 aromatic heterocycles. The maximum Gasteiger partial charge on any atom is 0.102 e. The Balaban J connectivity index is 1.82. The molecule has 2 heterocycles. The first-order chi connectivity index (χ1) is 15.3. The van der Waals surface area contributed by atoms with E-state index >= 15 is 0 Å². The van der Waals surface area contributed by atoms with Crippen LogP contribution in [0.4, 0.5) is 0 Å². The number of fused-ring (bicyclic) bond motifs is 3. The Labute approximate surface area is 189 Å². The van der Waals surface area contributed by atoms with Gasteiger partial charge in [0, 0.05) is 22.5 Å². The molecule has 0 aliphatic heterocycles. The van der Waals surface area contributed by atoms with Gasteiger partial charge in [-0.15, -0.1) is 0 Å². The van der Waals surface area contributed by atoms with E-state index in [0.717, 1.165) is 45.2 Å². The van der Waals surface area contributed by atoms with Crippen molar-refractivity contribution in [2.75, 3.05) is 0 Å². The molecule has 5 aromatic rings. The zero-order valence-corrected chi connectivity index (χ0v) is 19.5. The first kappa shape index (κ1) is 20.4. The maximum atomic E-state index is 5.13. The highest BCUT2D eigenvalue weighted by atomic mass is 15.3. The summed E-state index contributed by atoms with van der Waals surface area (Å²) in [5.41, 5.74) is 9.24. The quantitative estimate of drug-likeness (QED) is 0.305. The number of rotatable bonds is 3. The molecule has 32 heavy (non-hydrogen) atoms. The maximum absolute atomic E-state index is 5.13. The van der Waals surface area contributed by atoms with Gasteiger partial charge in [0.2, 0.25) is 0 Å². The monoisotopic (exact) mass is 419 g/mol. The minimum atomic E-state index is 0.115. The lowest BCUT2D eigenvalue weighted by atomic mass is 9.87. The van der Waals surface area contributed by atoms with Gasteiger partial charge in [0.1, 0.15) is 5.69 Å². The molecule has 0 atom stereocenters. The molecule has 0 unspecified atom stereocenters. The number of pyridine rings is 1. The lowest BCUT2D eigenvalue weighted by Crippen LogP contribution is -2.11. The average molecular weight is 420 g/mol. The summed E-state index contributed by atoms with van der Waals surface area (Å²) < 4.78 is 2.10. The highest BCUT2D eigenvalue weighted by Gasteiger charge is 2.18. The normalized spacial score (nSPS) is 12.0. The molecule has 0 N–H and O–H groups in total. The predicted octanol–water partition coefficient (Wildman–Crippen LogP) is 7.41. The molecule has 0 spiro atoms. The molecule has 0 radical (unpaired) electrons. The van der Waals surface area contributed by atoms with Crippen LogP contribution in [0.5, 0.6) is 0 Å². The Morgan fingerprint density at radius 3 is 2.22 bits per heavy atom. The fraction of sp³-hybridized carbons (Fsp3) is 0.241. The average Bonchev–Trinajstić information content (AvgIpc) is 3.19. The largest absolute Gasteiger partial charge is 0.255 e. The molecule has 0 aliphatic carbocycles. The van der Waals surface area contributed by atoms with E-state index in [-0.39, 0.29) is 5.41 Å². The SMILES string of the molecule is CCc1ccc2ncc3c(-c4ccc(C)cc4)nn(-c4ccc(C(C)(C)C)cc4)c3c2c1. The summed E-state index contributed by atoms with van der Waals surface area (Å²) in [6, 6.07) is 23.9. The second-order valence-corrected chi connectivity index (χ2v) is 9.65. The van der Waals surface area contributed by atoms with Crippen LogP contribution in [0.2, 0.25) is 0 Å². The van der Waals surface area contributed by atoms with Gasteiger partial charge in [0.25, 0.3) is 0 Å². The zero-order chi connectivity index (χ0) is 22.5. The van der Waals surface area contributed by atoms with E-state index in [9.17, 15) is 0 Å². The number of aromatic nitrogens is 3. The zero-order valence-electron chi connectivity index (χ0n) is 19.5. The minimum absolute atomic E-state index is 0.115. The second-order valence-electron chi connectivity index (χ2n) is 9.65. The standard InChI is InChI=1S/C29H29N3/c1-6-20-9-16-26-24(17-20)28-25(18-30-26)27(21-10-7-19(2)8-11-21)31-32(28)23-14-12-22(13-15-23)29(3,4)5/h7-18H,6H2,1-5H3. The third-order valence-corrected chi connectivity index (χ3v) is 6.28. The van der Waals surface area contributed by atoms with Crippen molar-refractivity contribution in [3.63, 3.8) is 0 Å². The Morgan fingerprint density at radius 1 is 0.844 bits per heavy atom. The molecule has 3 heteroatoms. The van der Waals surface area contributed by atoms with Crippen molar-refractivity contribution in [3.8, 4) is 16.9 Å². The third kappa shape index (κ3) is 3.48. The molecule has 0 fully saturated rings. The Morgan fingerprint density at radius 2 is 1.56 bits per heavy atom. The molecule has 3 nitrogen and oxygen atoms in total. The summed E-state index contributed by atoms with van der Waals surface area (Å²) in [4.78, 5) is 4.79. The van der Waals surface area contributed by atoms with Crippen molar-refractivity contribution >= 4 is 21.8 Å². The molecule has 0 saturated carbocycles. The highest BCUT2D eigenvalue weighted by Crippen LogP contribution is 2.34. The summed E-state index contributed by atoms with van der Waals surface area (Å²) >= 11 is 0. The van der Waals surface area contributed by atoms with Crippen molar-refractivity contribution < 1.29 is 0 Å². The van der Waals surface area contributed by atoms with Gasteiger partial charge >= 0.3 is 0 Å². The molecular weight excluding hydrogens is 390 g/mol. The van der Waals surface area contributed by atoms with Gasteiger partial charge in [-0.05, 0) is 54.2 Å². The highest BCUT2D eigenvalue weighted by molar-refractivity contribution is 6.09. The van der Waals surface area contributed by atoms with Crippen LogP contribution >= 0.6 is 0 Å². The fourth-order valence-corrected chi connectivity index (χ4v) is 4.27. The fourth-order valence-electron chi connectivity index (χ4n) is 4.27. The Hall–Kier alpha value is -3.46. The molecule has 5 rings (SSSR count). The number of benzene rings is 3. The molecule has 0 aliphatic rings. The van der Waals surface area contributed by atoms with E-state index < -0.39 is 0 Å². The van der Waals surface area contributed by atoms with Crippen molar-refractivity contribution in [2.24, 2.45) is 0 Å². The first-order valence-electron chi connectivity index (χ1n) is 11.3. The van der Waals surface area contributed by atoms with Crippen LogP contribution in [-0.4, -0.2) is 14.8 Å². The second kappa shape index (κ2) is 7.59. The number of nitrogens with zero attached hydrogens (tertiary/aromatic N) is 3. The van der Waals surface area contributed by atoms with Gasteiger partial charge < -0.3 is 0 Å². The minimum Gasteiger partial charge on any atom is -0.255 e. The van der Waals surface area contributed by atoms with E-state index in [1.54, 1.807) is 0 Å². The summed E-state index contributed by atoms with van der Waals surface area (Å²) in [7, 11) is 0. The van der Waals surface area contributed by atoms with Crippen LogP contribution in [0, 0.1) is 6.92 Å². The van der Waals surface area contributed by atoms with Crippen LogP contribution < -0.4 is 0 Å². The van der Waals surface area contributed by atoms with Gasteiger partial charge in [0.15, 0.2) is 0 Å². The van der Waals surface area contributed by atoms with E-state index in [0.29, 0.717) is 0 Å². The van der Waals surface area contributed by atoms with Crippen LogP contribution in [0.1, 0.15) is 44.4 Å². The molecule has 0 saturated heterocycles. The Kier molecular flexibility index (Phi) is 4.85. The molecule has 160 valence electrons. The molecular formula is C29H29N3. The summed E-state index contributed by atoms with van der Waals surface area (Å²) in [6.45, 7) is 11.0. The number of aryl methyl sites for hydroxylation is 2. The summed E-state index contributed by atoms with van der Waals surface area (Å²) in [5, 5.41) is 7.36. The van der Waals surface area contributed by atoms with Crippen molar-refractivity contribution in [2.45, 2.75) is 46.5 Å². The number of hydrogen-bond acceptors (Lipinski definition) is 2. The summed E-state index contributed by atoms with van der Waals surface area (Å²) in [6.07, 6.45) is 2.97. The van der Waals surface area contributed by atoms with Crippen LogP contribution in [0.3, 0.4) is 0 Å². The van der Waals surface area contributed by atoms with Gasteiger partial charge in [-0.3, -0.25) is 4.98 Å². The molecule has 0 amide bonds. The topological polar surface area (TPSA) is 30.7 Å². The van der Waals surface area contributed by atoms with Gasteiger partial charge in [-0.1, -0.05) is 75.7 Å². The van der Waals surface area contributed by atoms with Crippen LogP contribution in [0.25, 0.3) is 38.8 Å².